The van der Waals surface area contributed by atoms with Crippen LogP contribution in [0.15, 0.2) is 61.1 Å². The predicted octanol–water partition coefficient (Wildman–Crippen LogP) is 4.23. The Balaban J connectivity index is 1.63. The van der Waals surface area contributed by atoms with Crippen molar-refractivity contribution in [3.05, 3.63) is 66.6 Å². The fourth-order valence-corrected chi connectivity index (χ4v) is 3.08. The van der Waals surface area contributed by atoms with E-state index in [0.717, 1.165) is 39.3 Å². The quantitative estimate of drug-likeness (QED) is 0.578. The van der Waals surface area contributed by atoms with Crippen molar-refractivity contribution in [1.29, 1.82) is 0 Å². The summed E-state index contributed by atoms with van der Waals surface area (Å²) in [6, 6.07) is 14.3. The molecular weight excluding hydrogens is 338 g/mol. The summed E-state index contributed by atoms with van der Waals surface area (Å²) in [7, 11) is 3.71. The number of H-pyrrole nitrogens is 1. The molecule has 0 saturated carbocycles. The molecule has 0 unspecified atom stereocenters. The standard InChI is InChI=1S/C21H21N5O/c1-14(15-5-4-6-18(9-15)27-3)26(2)21-13-22-20-10-16(7-8-19(20)25-21)17-11-23-24-12-17/h4-14H,1-3H3,(H,23,24)/t14-/m1/s1. The number of anilines is 1. The van der Waals surface area contributed by atoms with Crippen molar-refractivity contribution in [2.24, 2.45) is 0 Å². The third-order valence-corrected chi connectivity index (χ3v) is 4.88. The Morgan fingerprint density at radius 3 is 2.70 bits per heavy atom. The van der Waals surface area contributed by atoms with Crippen LogP contribution in [0, 0.1) is 0 Å². The molecule has 0 fully saturated rings. The van der Waals surface area contributed by atoms with Crippen molar-refractivity contribution in [2.45, 2.75) is 13.0 Å². The minimum atomic E-state index is 0.136. The number of hydrogen-bond acceptors (Lipinski definition) is 5. The van der Waals surface area contributed by atoms with Crippen LogP contribution in [0.3, 0.4) is 0 Å². The zero-order chi connectivity index (χ0) is 18.8. The Kier molecular flexibility index (Phi) is 4.46. The minimum Gasteiger partial charge on any atom is -0.497 e. The summed E-state index contributed by atoms with van der Waals surface area (Å²) in [5.41, 5.74) is 4.99. The van der Waals surface area contributed by atoms with Crippen molar-refractivity contribution in [3.63, 3.8) is 0 Å². The van der Waals surface area contributed by atoms with Crippen molar-refractivity contribution >= 4 is 16.9 Å². The first kappa shape index (κ1) is 17.0. The summed E-state index contributed by atoms with van der Waals surface area (Å²) in [4.78, 5) is 11.5. The molecule has 0 bridgehead atoms. The Hall–Kier alpha value is -3.41. The van der Waals surface area contributed by atoms with Gasteiger partial charge in [0.15, 0.2) is 0 Å². The van der Waals surface area contributed by atoms with Gasteiger partial charge in [0.05, 0.1) is 36.6 Å². The van der Waals surface area contributed by atoms with E-state index in [-0.39, 0.29) is 6.04 Å². The first-order valence-electron chi connectivity index (χ1n) is 8.78. The van der Waals surface area contributed by atoms with E-state index in [2.05, 4.69) is 33.1 Å². The number of ether oxygens (including phenoxy) is 1. The second-order valence-electron chi connectivity index (χ2n) is 6.48. The topological polar surface area (TPSA) is 66.9 Å². The van der Waals surface area contributed by atoms with Gasteiger partial charge in [0.2, 0.25) is 0 Å². The second-order valence-corrected chi connectivity index (χ2v) is 6.48. The van der Waals surface area contributed by atoms with Gasteiger partial charge in [-0.05, 0) is 42.3 Å². The van der Waals surface area contributed by atoms with Crippen LogP contribution < -0.4 is 9.64 Å². The van der Waals surface area contributed by atoms with Gasteiger partial charge >= 0.3 is 0 Å². The molecule has 27 heavy (non-hydrogen) atoms. The Labute approximate surface area is 157 Å². The molecule has 136 valence electrons. The Morgan fingerprint density at radius 2 is 1.93 bits per heavy atom. The molecule has 0 radical (unpaired) electrons. The molecule has 0 saturated heterocycles. The average Bonchev–Trinajstić information content (AvgIpc) is 3.27. The lowest BCUT2D eigenvalue weighted by molar-refractivity contribution is 0.414. The van der Waals surface area contributed by atoms with Gasteiger partial charge in [-0.3, -0.25) is 10.1 Å². The molecule has 1 N–H and O–H groups in total. The van der Waals surface area contributed by atoms with Gasteiger partial charge in [-0.15, -0.1) is 0 Å². The van der Waals surface area contributed by atoms with Crippen LogP contribution >= 0.6 is 0 Å². The molecule has 0 spiro atoms. The van der Waals surface area contributed by atoms with E-state index in [4.69, 9.17) is 9.72 Å². The molecule has 2 heterocycles. The second kappa shape index (κ2) is 7.07. The van der Waals surface area contributed by atoms with Crippen LogP contribution in [0.25, 0.3) is 22.2 Å². The van der Waals surface area contributed by atoms with Crippen molar-refractivity contribution in [1.82, 2.24) is 20.2 Å². The van der Waals surface area contributed by atoms with E-state index < -0.39 is 0 Å². The number of aromatic nitrogens is 4. The predicted molar refractivity (Wildman–Crippen MR) is 107 cm³/mol. The number of fused-ring (bicyclic) bond motifs is 1. The highest BCUT2D eigenvalue weighted by atomic mass is 16.5. The largest absolute Gasteiger partial charge is 0.497 e. The summed E-state index contributed by atoms with van der Waals surface area (Å²) in [5, 5.41) is 6.83. The number of nitrogens with one attached hydrogen (secondary N) is 1. The zero-order valence-electron chi connectivity index (χ0n) is 15.5. The molecule has 1 atom stereocenters. The zero-order valence-corrected chi connectivity index (χ0v) is 15.5. The third kappa shape index (κ3) is 3.33. The van der Waals surface area contributed by atoms with Crippen LogP contribution in [-0.2, 0) is 0 Å². The average molecular weight is 359 g/mol. The van der Waals surface area contributed by atoms with E-state index >= 15 is 0 Å². The van der Waals surface area contributed by atoms with Gasteiger partial charge in [-0.2, -0.15) is 5.10 Å². The lowest BCUT2D eigenvalue weighted by atomic mass is 10.1. The maximum absolute atomic E-state index is 5.34. The SMILES string of the molecule is COc1cccc([C@@H](C)N(C)c2cnc3cc(-c4cn[nH]c4)ccc3n2)c1. The van der Waals surface area contributed by atoms with E-state index in [9.17, 15) is 0 Å². The van der Waals surface area contributed by atoms with Crippen LogP contribution in [-0.4, -0.2) is 34.3 Å². The van der Waals surface area contributed by atoms with E-state index in [1.165, 1.54) is 0 Å². The molecule has 6 heteroatoms. The summed E-state index contributed by atoms with van der Waals surface area (Å²) >= 11 is 0. The number of hydrogen-bond donors (Lipinski definition) is 1. The molecule has 6 nitrogen and oxygen atoms in total. The summed E-state index contributed by atoms with van der Waals surface area (Å²) < 4.78 is 5.34. The molecule has 2 aromatic carbocycles. The van der Waals surface area contributed by atoms with E-state index in [0.29, 0.717) is 0 Å². The van der Waals surface area contributed by atoms with Crippen molar-refractivity contribution in [2.75, 3.05) is 19.1 Å². The Morgan fingerprint density at radius 1 is 1.04 bits per heavy atom. The number of aromatic amines is 1. The normalized spacial score (nSPS) is 12.1. The van der Waals surface area contributed by atoms with Gasteiger partial charge < -0.3 is 9.64 Å². The molecule has 0 aliphatic rings. The van der Waals surface area contributed by atoms with Gasteiger partial charge in [0.25, 0.3) is 0 Å². The monoisotopic (exact) mass is 359 g/mol. The highest BCUT2D eigenvalue weighted by molar-refractivity contribution is 5.82. The fourth-order valence-electron chi connectivity index (χ4n) is 3.08. The van der Waals surface area contributed by atoms with Crippen LogP contribution in [0.4, 0.5) is 5.82 Å². The number of methoxy groups -OCH3 is 1. The lowest BCUT2D eigenvalue weighted by Crippen LogP contribution is -2.22. The molecule has 0 amide bonds. The first-order valence-corrected chi connectivity index (χ1v) is 8.78. The molecule has 0 aliphatic carbocycles. The van der Waals surface area contributed by atoms with E-state index in [1.807, 2.05) is 55.8 Å². The number of benzene rings is 2. The fraction of sp³-hybridized carbons (Fsp3) is 0.190. The van der Waals surface area contributed by atoms with Gasteiger partial charge in [0, 0.05) is 18.8 Å². The molecule has 4 aromatic rings. The van der Waals surface area contributed by atoms with Crippen LogP contribution in [0.5, 0.6) is 5.75 Å². The highest BCUT2D eigenvalue weighted by Gasteiger charge is 2.15. The van der Waals surface area contributed by atoms with Gasteiger partial charge in [-0.25, -0.2) is 4.98 Å². The highest BCUT2D eigenvalue weighted by Crippen LogP contribution is 2.28. The molecule has 0 aliphatic heterocycles. The maximum atomic E-state index is 5.34. The van der Waals surface area contributed by atoms with Gasteiger partial charge in [0.1, 0.15) is 11.6 Å². The maximum Gasteiger partial charge on any atom is 0.148 e. The summed E-state index contributed by atoms with van der Waals surface area (Å²) in [6.45, 7) is 2.14. The number of nitrogens with zero attached hydrogens (tertiary/aromatic N) is 4. The van der Waals surface area contributed by atoms with Crippen LogP contribution in [0.2, 0.25) is 0 Å². The van der Waals surface area contributed by atoms with Crippen molar-refractivity contribution < 1.29 is 4.74 Å². The lowest BCUT2D eigenvalue weighted by Gasteiger charge is -2.26. The van der Waals surface area contributed by atoms with E-state index in [1.54, 1.807) is 13.3 Å². The Bertz CT molecular complexity index is 1060. The molecule has 4 rings (SSSR count). The molecule has 2 aromatic heterocycles. The minimum absolute atomic E-state index is 0.136. The summed E-state index contributed by atoms with van der Waals surface area (Å²) in [5.74, 6) is 1.68. The third-order valence-electron chi connectivity index (χ3n) is 4.88. The number of rotatable bonds is 5. The van der Waals surface area contributed by atoms with Crippen LogP contribution in [0.1, 0.15) is 18.5 Å². The summed E-state index contributed by atoms with van der Waals surface area (Å²) in [6.07, 6.45) is 5.48. The smallest absolute Gasteiger partial charge is 0.148 e. The first-order chi connectivity index (χ1) is 13.2. The van der Waals surface area contributed by atoms with Gasteiger partial charge in [-0.1, -0.05) is 18.2 Å². The molecular formula is C21H21N5O. The van der Waals surface area contributed by atoms with Crippen molar-refractivity contribution in [3.8, 4) is 16.9 Å².